The van der Waals surface area contributed by atoms with E-state index in [9.17, 15) is 9.59 Å². The summed E-state index contributed by atoms with van der Waals surface area (Å²) in [7, 11) is 0. The Morgan fingerprint density at radius 2 is 1.83 bits per heavy atom. The van der Waals surface area contributed by atoms with E-state index in [0.29, 0.717) is 28.0 Å². The van der Waals surface area contributed by atoms with Gasteiger partial charge in [0.25, 0.3) is 11.8 Å². The molecular weight excluding hydrogens is 488 g/mol. The number of para-hydroxylation sites is 1. The van der Waals surface area contributed by atoms with Crippen LogP contribution in [0.1, 0.15) is 54.1 Å². The van der Waals surface area contributed by atoms with E-state index in [1.165, 1.54) is 31.0 Å². The molecule has 0 spiro atoms. The minimum absolute atomic E-state index is 0.0299. The molecule has 3 aromatic rings. The van der Waals surface area contributed by atoms with Gasteiger partial charge in [0.2, 0.25) is 0 Å². The van der Waals surface area contributed by atoms with E-state index in [-0.39, 0.29) is 17.9 Å². The molecule has 4 nitrogen and oxygen atoms in total. The number of nitrogens with one attached hydrogen (secondary N) is 1. The standard InChI is InChI=1S/C30H29ClN2O2S/c1-20-7-2-3-10-25(20)32-29(34)23-15-13-21(14-16-23)18-28-30(35)33(19-22-8-6-9-24(31)17-22)26-11-4-5-12-27(26)36-28/h4-6,8-9,11-18,20,25H,2-3,7,10,19H2,1H3,(H,32,34)/b28-18+/t20-,25-/m1/s1. The molecule has 1 saturated carbocycles. The van der Waals surface area contributed by atoms with Gasteiger partial charge in [-0.25, -0.2) is 0 Å². The predicted molar refractivity (Wildman–Crippen MR) is 148 cm³/mol. The number of amides is 2. The highest BCUT2D eigenvalue weighted by atomic mass is 35.5. The zero-order valence-corrected chi connectivity index (χ0v) is 21.8. The van der Waals surface area contributed by atoms with Crippen molar-refractivity contribution in [2.24, 2.45) is 5.92 Å². The summed E-state index contributed by atoms with van der Waals surface area (Å²) in [4.78, 5) is 29.8. The fraction of sp³-hybridized carbons (Fsp3) is 0.267. The fourth-order valence-electron chi connectivity index (χ4n) is 4.90. The van der Waals surface area contributed by atoms with Crippen LogP contribution in [0.4, 0.5) is 5.69 Å². The van der Waals surface area contributed by atoms with Gasteiger partial charge in [0, 0.05) is 21.5 Å². The van der Waals surface area contributed by atoms with Crippen LogP contribution in [-0.2, 0) is 11.3 Å². The van der Waals surface area contributed by atoms with Gasteiger partial charge in [-0.1, -0.05) is 79.5 Å². The molecule has 184 valence electrons. The number of benzene rings is 3. The molecular formula is C30H29ClN2O2S. The van der Waals surface area contributed by atoms with Crippen molar-refractivity contribution in [3.8, 4) is 0 Å². The van der Waals surface area contributed by atoms with E-state index in [4.69, 9.17) is 11.6 Å². The number of halogens is 1. The second kappa shape index (κ2) is 10.9. The lowest BCUT2D eigenvalue weighted by Gasteiger charge is -2.30. The maximum absolute atomic E-state index is 13.5. The average molecular weight is 517 g/mol. The predicted octanol–water partition coefficient (Wildman–Crippen LogP) is 7.33. The second-order valence-electron chi connectivity index (χ2n) is 9.56. The van der Waals surface area contributed by atoms with Crippen molar-refractivity contribution in [3.63, 3.8) is 0 Å². The van der Waals surface area contributed by atoms with E-state index in [1.807, 2.05) is 78.9 Å². The van der Waals surface area contributed by atoms with Crippen LogP contribution in [-0.4, -0.2) is 17.9 Å². The molecule has 0 saturated heterocycles. The van der Waals surface area contributed by atoms with Crippen LogP contribution in [0.3, 0.4) is 0 Å². The van der Waals surface area contributed by atoms with E-state index >= 15 is 0 Å². The second-order valence-corrected chi connectivity index (χ2v) is 11.1. The maximum Gasteiger partial charge on any atom is 0.265 e. The first-order valence-electron chi connectivity index (χ1n) is 12.4. The number of nitrogens with zero attached hydrogens (tertiary/aromatic N) is 1. The van der Waals surface area contributed by atoms with Gasteiger partial charge in [0.15, 0.2) is 0 Å². The molecule has 1 heterocycles. The smallest absolute Gasteiger partial charge is 0.265 e. The van der Waals surface area contributed by atoms with Gasteiger partial charge in [0.05, 0.1) is 17.1 Å². The molecule has 2 atom stereocenters. The van der Waals surface area contributed by atoms with Crippen molar-refractivity contribution in [1.82, 2.24) is 5.32 Å². The van der Waals surface area contributed by atoms with E-state index in [1.54, 1.807) is 4.90 Å². The Bertz CT molecular complexity index is 1300. The number of thioether (sulfide) groups is 1. The number of rotatable bonds is 5. The largest absolute Gasteiger partial charge is 0.349 e. The van der Waals surface area contributed by atoms with Gasteiger partial charge in [-0.3, -0.25) is 9.59 Å². The molecule has 0 unspecified atom stereocenters. The van der Waals surface area contributed by atoms with Crippen LogP contribution in [0, 0.1) is 5.92 Å². The molecule has 3 aromatic carbocycles. The lowest BCUT2D eigenvalue weighted by Crippen LogP contribution is -2.41. The van der Waals surface area contributed by atoms with Crippen LogP contribution in [0.15, 0.2) is 82.6 Å². The number of hydrogen-bond acceptors (Lipinski definition) is 3. The quantitative estimate of drug-likeness (QED) is 0.361. The summed E-state index contributed by atoms with van der Waals surface area (Å²) in [6, 6.07) is 23.3. The molecule has 5 rings (SSSR count). The van der Waals surface area contributed by atoms with Crippen molar-refractivity contribution in [2.75, 3.05) is 4.90 Å². The Labute approximate surface area is 221 Å². The summed E-state index contributed by atoms with van der Waals surface area (Å²) in [6.07, 6.45) is 6.53. The van der Waals surface area contributed by atoms with Crippen molar-refractivity contribution in [1.29, 1.82) is 0 Å². The molecule has 0 bridgehead atoms. The molecule has 1 aliphatic carbocycles. The van der Waals surface area contributed by atoms with Gasteiger partial charge >= 0.3 is 0 Å². The SMILES string of the molecule is C[C@@H]1CCCC[C@H]1NC(=O)c1ccc(/C=C2/Sc3ccccc3N(Cc3cccc(Cl)c3)C2=O)cc1. The highest BCUT2D eigenvalue weighted by Crippen LogP contribution is 2.42. The van der Waals surface area contributed by atoms with E-state index < -0.39 is 0 Å². The first-order valence-corrected chi connectivity index (χ1v) is 13.6. The zero-order chi connectivity index (χ0) is 25.1. The summed E-state index contributed by atoms with van der Waals surface area (Å²) in [5.74, 6) is 0.434. The van der Waals surface area contributed by atoms with E-state index in [2.05, 4.69) is 12.2 Å². The number of carbonyl (C=O) groups is 2. The van der Waals surface area contributed by atoms with Crippen molar-refractivity contribution in [3.05, 3.63) is 99.4 Å². The lowest BCUT2D eigenvalue weighted by molar-refractivity contribution is -0.114. The first-order chi connectivity index (χ1) is 17.5. The Hall–Kier alpha value is -3.02. The van der Waals surface area contributed by atoms with Gasteiger partial charge in [-0.15, -0.1) is 0 Å². The first kappa shape index (κ1) is 24.7. The number of hydrogen-bond donors (Lipinski definition) is 1. The van der Waals surface area contributed by atoms with E-state index in [0.717, 1.165) is 28.1 Å². The number of carbonyl (C=O) groups excluding carboxylic acids is 2. The Balaban J connectivity index is 1.35. The molecule has 1 aliphatic heterocycles. The molecule has 1 N–H and O–H groups in total. The van der Waals surface area contributed by atoms with Gasteiger partial charge < -0.3 is 10.2 Å². The Kier molecular flexibility index (Phi) is 7.49. The summed E-state index contributed by atoms with van der Waals surface area (Å²) < 4.78 is 0. The zero-order valence-electron chi connectivity index (χ0n) is 20.2. The Morgan fingerprint density at radius 3 is 2.61 bits per heavy atom. The van der Waals surface area contributed by atoms with Crippen LogP contribution in [0.2, 0.25) is 5.02 Å². The summed E-state index contributed by atoms with van der Waals surface area (Å²) in [5.41, 5.74) is 3.40. The van der Waals surface area contributed by atoms with Crippen LogP contribution < -0.4 is 10.2 Å². The maximum atomic E-state index is 13.5. The minimum Gasteiger partial charge on any atom is -0.349 e. The molecule has 1 fully saturated rings. The van der Waals surface area contributed by atoms with Crippen molar-refractivity contribution < 1.29 is 9.59 Å². The summed E-state index contributed by atoms with van der Waals surface area (Å²) in [5, 5.41) is 3.86. The van der Waals surface area contributed by atoms with Gasteiger partial charge in [-0.2, -0.15) is 0 Å². The van der Waals surface area contributed by atoms with Crippen LogP contribution in [0.5, 0.6) is 0 Å². The third-order valence-electron chi connectivity index (χ3n) is 6.96. The fourth-order valence-corrected chi connectivity index (χ4v) is 6.17. The molecule has 36 heavy (non-hydrogen) atoms. The Morgan fingerprint density at radius 1 is 1.06 bits per heavy atom. The van der Waals surface area contributed by atoms with Gasteiger partial charge in [-0.05, 0) is 72.4 Å². The molecule has 2 aliphatic rings. The summed E-state index contributed by atoms with van der Waals surface area (Å²) >= 11 is 7.66. The topological polar surface area (TPSA) is 49.4 Å². The highest BCUT2D eigenvalue weighted by molar-refractivity contribution is 8.04. The third kappa shape index (κ3) is 5.53. The third-order valence-corrected chi connectivity index (χ3v) is 8.27. The van der Waals surface area contributed by atoms with Crippen LogP contribution >= 0.6 is 23.4 Å². The number of fused-ring (bicyclic) bond motifs is 1. The van der Waals surface area contributed by atoms with Crippen LogP contribution in [0.25, 0.3) is 6.08 Å². The molecule has 0 radical (unpaired) electrons. The number of anilines is 1. The minimum atomic E-state index is -0.0493. The summed E-state index contributed by atoms with van der Waals surface area (Å²) in [6.45, 7) is 2.65. The lowest BCUT2D eigenvalue weighted by atomic mass is 9.86. The monoisotopic (exact) mass is 516 g/mol. The highest BCUT2D eigenvalue weighted by Gasteiger charge is 2.29. The molecule has 6 heteroatoms. The van der Waals surface area contributed by atoms with Crippen molar-refractivity contribution >= 4 is 46.9 Å². The van der Waals surface area contributed by atoms with Crippen molar-refractivity contribution in [2.45, 2.75) is 50.1 Å². The van der Waals surface area contributed by atoms with Gasteiger partial charge in [0.1, 0.15) is 0 Å². The normalized spacial score (nSPS) is 20.8. The molecule has 0 aromatic heterocycles. The molecule has 2 amide bonds. The average Bonchev–Trinajstić information content (AvgIpc) is 2.88.